The van der Waals surface area contributed by atoms with Crippen molar-refractivity contribution in [2.45, 2.75) is 18.2 Å². The van der Waals surface area contributed by atoms with E-state index in [1.165, 1.54) is 11.8 Å². The first kappa shape index (κ1) is 13.7. The summed E-state index contributed by atoms with van der Waals surface area (Å²) in [6, 6.07) is 3.28. The number of halogens is 1. The molecular weight excluding hydrogens is 246 g/mol. The summed E-state index contributed by atoms with van der Waals surface area (Å²) in [6.45, 7) is 2.60. The molecule has 1 aromatic carbocycles. The van der Waals surface area contributed by atoms with Crippen LogP contribution in [0.5, 0.6) is 5.75 Å². The van der Waals surface area contributed by atoms with E-state index in [0.29, 0.717) is 27.7 Å². The van der Waals surface area contributed by atoms with Crippen molar-refractivity contribution in [1.29, 1.82) is 0 Å². The fraction of sp³-hybridized carbons (Fsp3) is 0.400. The molecule has 2 N–H and O–H groups in total. The molecule has 0 unspecified atom stereocenters. The van der Waals surface area contributed by atoms with Crippen LogP contribution in [0.25, 0.3) is 0 Å². The molecule has 0 heterocycles. The van der Waals surface area contributed by atoms with Crippen LogP contribution in [0.2, 0.25) is 5.02 Å². The van der Waals surface area contributed by atoms with Gasteiger partial charge >= 0.3 is 7.12 Å². The first-order valence-electron chi connectivity index (χ1n) is 4.97. The smallest absolute Gasteiger partial charge is 0.489 e. The van der Waals surface area contributed by atoms with Gasteiger partial charge in [-0.3, -0.25) is 0 Å². The number of benzene rings is 1. The van der Waals surface area contributed by atoms with Gasteiger partial charge in [-0.2, -0.15) is 0 Å². The van der Waals surface area contributed by atoms with Gasteiger partial charge in [-0.05, 0) is 24.2 Å². The summed E-state index contributed by atoms with van der Waals surface area (Å²) in [5.41, 5.74) is 0.404. The fourth-order valence-electron chi connectivity index (χ4n) is 1.29. The molecule has 0 aromatic heterocycles. The Morgan fingerprint density at radius 3 is 2.62 bits per heavy atom. The Morgan fingerprint density at radius 2 is 2.12 bits per heavy atom. The normalized spacial score (nSPS) is 10.3. The third-order valence-corrected chi connectivity index (χ3v) is 3.37. The largest absolute Gasteiger partial charge is 0.492 e. The Bertz CT molecular complexity index is 360. The lowest BCUT2D eigenvalue weighted by molar-refractivity contribution is 0.317. The first-order chi connectivity index (χ1) is 7.61. The summed E-state index contributed by atoms with van der Waals surface area (Å²) >= 11 is 7.49. The predicted octanol–water partition coefficient (Wildman–Crippen LogP) is 1.53. The van der Waals surface area contributed by atoms with Crippen molar-refractivity contribution in [3.8, 4) is 5.75 Å². The van der Waals surface area contributed by atoms with E-state index in [9.17, 15) is 0 Å². The molecule has 3 nitrogen and oxygen atoms in total. The average molecular weight is 261 g/mol. The predicted molar refractivity (Wildman–Crippen MR) is 68.8 cm³/mol. The van der Waals surface area contributed by atoms with Crippen molar-refractivity contribution in [3.05, 3.63) is 17.2 Å². The van der Waals surface area contributed by atoms with Crippen molar-refractivity contribution >= 4 is 35.9 Å². The van der Waals surface area contributed by atoms with Crippen molar-refractivity contribution < 1.29 is 14.8 Å². The second kappa shape index (κ2) is 6.40. The van der Waals surface area contributed by atoms with Gasteiger partial charge in [-0.15, -0.1) is 11.8 Å². The molecule has 16 heavy (non-hydrogen) atoms. The monoisotopic (exact) mass is 260 g/mol. The van der Waals surface area contributed by atoms with Gasteiger partial charge in [0, 0.05) is 4.90 Å². The van der Waals surface area contributed by atoms with E-state index in [1.807, 2.05) is 13.2 Å². The highest BCUT2D eigenvalue weighted by Gasteiger charge is 2.20. The van der Waals surface area contributed by atoms with E-state index in [1.54, 1.807) is 12.1 Å². The number of rotatable bonds is 5. The summed E-state index contributed by atoms with van der Waals surface area (Å²) in [7, 11) is -1.51. The second-order valence-electron chi connectivity index (χ2n) is 3.22. The Balaban J connectivity index is 3.08. The van der Waals surface area contributed by atoms with Crippen LogP contribution in [-0.4, -0.2) is 30.0 Å². The molecular formula is C10H14BClO3S. The minimum atomic E-state index is -1.51. The summed E-state index contributed by atoms with van der Waals surface area (Å²) in [5.74, 6) is 0.581. The zero-order chi connectivity index (χ0) is 12.1. The third-order valence-electron chi connectivity index (χ3n) is 2.04. The van der Waals surface area contributed by atoms with Crippen LogP contribution in [-0.2, 0) is 0 Å². The van der Waals surface area contributed by atoms with Gasteiger partial charge in [-0.25, -0.2) is 0 Å². The highest BCUT2D eigenvalue weighted by molar-refractivity contribution is 7.99. The maximum Gasteiger partial charge on any atom is 0.489 e. The topological polar surface area (TPSA) is 49.7 Å². The van der Waals surface area contributed by atoms with Crippen LogP contribution < -0.4 is 10.2 Å². The molecule has 0 aliphatic heterocycles. The maximum atomic E-state index is 9.17. The van der Waals surface area contributed by atoms with Crippen LogP contribution in [0.3, 0.4) is 0 Å². The van der Waals surface area contributed by atoms with Crippen LogP contribution in [0.1, 0.15) is 13.3 Å². The Morgan fingerprint density at radius 1 is 1.44 bits per heavy atom. The molecule has 0 atom stereocenters. The molecule has 6 heteroatoms. The summed E-state index contributed by atoms with van der Waals surface area (Å²) in [4.78, 5) is 0.644. The van der Waals surface area contributed by atoms with E-state index < -0.39 is 7.12 Å². The summed E-state index contributed by atoms with van der Waals surface area (Å²) in [6.07, 6.45) is 2.73. The molecule has 0 aliphatic rings. The van der Waals surface area contributed by atoms with Crippen LogP contribution >= 0.6 is 23.4 Å². The number of ether oxygens (including phenoxy) is 1. The van der Waals surface area contributed by atoms with Gasteiger partial charge in [0.05, 0.1) is 11.6 Å². The lowest BCUT2D eigenvalue weighted by Crippen LogP contribution is -2.31. The van der Waals surface area contributed by atoms with Gasteiger partial charge in [0.1, 0.15) is 5.75 Å². The van der Waals surface area contributed by atoms with Gasteiger partial charge in [-0.1, -0.05) is 24.6 Å². The molecule has 0 aliphatic carbocycles. The van der Waals surface area contributed by atoms with Crippen molar-refractivity contribution in [2.75, 3.05) is 12.9 Å². The molecule has 0 saturated carbocycles. The van der Waals surface area contributed by atoms with Crippen molar-refractivity contribution in [3.63, 3.8) is 0 Å². The minimum absolute atomic E-state index is 0.404. The maximum absolute atomic E-state index is 9.17. The SMILES string of the molecule is CCCOc1ccc(B(O)O)c(SC)c1Cl. The zero-order valence-electron chi connectivity index (χ0n) is 9.24. The number of hydrogen-bond donors (Lipinski definition) is 2. The van der Waals surface area contributed by atoms with E-state index in [-0.39, 0.29) is 0 Å². The highest BCUT2D eigenvalue weighted by atomic mass is 35.5. The molecule has 1 aromatic rings. The molecule has 0 bridgehead atoms. The van der Waals surface area contributed by atoms with Gasteiger partial charge < -0.3 is 14.8 Å². The molecule has 0 amide bonds. The second-order valence-corrected chi connectivity index (χ2v) is 4.42. The molecule has 1 rings (SSSR count). The van der Waals surface area contributed by atoms with E-state index >= 15 is 0 Å². The van der Waals surface area contributed by atoms with Crippen molar-refractivity contribution in [1.82, 2.24) is 0 Å². The van der Waals surface area contributed by atoms with Crippen LogP contribution in [0.4, 0.5) is 0 Å². The van der Waals surface area contributed by atoms with Gasteiger partial charge in [0.15, 0.2) is 0 Å². The minimum Gasteiger partial charge on any atom is -0.492 e. The van der Waals surface area contributed by atoms with Crippen LogP contribution in [0.15, 0.2) is 17.0 Å². The zero-order valence-corrected chi connectivity index (χ0v) is 10.8. The molecule has 88 valence electrons. The fourth-order valence-corrected chi connectivity index (χ4v) is 2.43. The first-order valence-corrected chi connectivity index (χ1v) is 6.57. The molecule has 0 saturated heterocycles. The number of thioether (sulfide) groups is 1. The van der Waals surface area contributed by atoms with Crippen LogP contribution in [0, 0.1) is 0 Å². The van der Waals surface area contributed by atoms with E-state index in [0.717, 1.165) is 6.42 Å². The van der Waals surface area contributed by atoms with Gasteiger partial charge in [0.25, 0.3) is 0 Å². The van der Waals surface area contributed by atoms with E-state index in [2.05, 4.69) is 0 Å². The summed E-state index contributed by atoms with van der Waals surface area (Å²) < 4.78 is 5.45. The number of hydrogen-bond acceptors (Lipinski definition) is 4. The third kappa shape index (κ3) is 3.07. The molecule has 0 radical (unpaired) electrons. The lowest BCUT2D eigenvalue weighted by atomic mass is 9.80. The van der Waals surface area contributed by atoms with E-state index in [4.69, 9.17) is 26.4 Å². The Kier molecular flexibility index (Phi) is 5.48. The highest BCUT2D eigenvalue weighted by Crippen LogP contribution is 2.32. The quantitative estimate of drug-likeness (QED) is 0.623. The van der Waals surface area contributed by atoms with Crippen molar-refractivity contribution in [2.24, 2.45) is 0 Å². The lowest BCUT2D eigenvalue weighted by Gasteiger charge is -2.13. The Labute approximate surface area is 105 Å². The van der Waals surface area contributed by atoms with Gasteiger partial charge in [0.2, 0.25) is 0 Å². The molecule has 0 fully saturated rings. The standard InChI is InChI=1S/C10H14BClO3S/c1-3-6-15-8-5-4-7(11(13)14)10(16-2)9(8)12/h4-5,13-14H,3,6H2,1-2H3. The Hall–Kier alpha value is -0.355. The summed E-state index contributed by atoms with van der Waals surface area (Å²) in [5, 5.41) is 18.8. The molecule has 0 spiro atoms. The average Bonchev–Trinajstić information content (AvgIpc) is 2.26.